The number of hydrogen-bond acceptors (Lipinski definition) is 8. The zero-order chi connectivity index (χ0) is 22.7. The van der Waals surface area contributed by atoms with Gasteiger partial charge in [-0.3, -0.25) is 0 Å². The van der Waals surface area contributed by atoms with Gasteiger partial charge in [0.2, 0.25) is 5.88 Å². The molecule has 1 amide bonds. The number of aromatic nitrogens is 1. The van der Waals surface area contributed by atoms with Crippen molar-refractivity contribution in [1.82, 2.24) is 4.98 Å². The summed E-state index contributed by atoms with van der Waals surface area (Å²) in [5, 5.41) is 0.844. The number of rotatable bonds is 6. The predicted molar refractivity (Wildman–Crippen MR) is 103 cm³/mol. The fraction of sp³-hybridized carbons (Fsp3) is 0.412. The first-order valence-corrected chi connectivity index (χ1v) is 10.6. The first-order valence-electron chi connectivity index (χ1n) is 8.31. The van der Waals surface area contributed by atoms with Crippen LogP contribution in [0.1, 0.15) is 26.3 Å². The molecule has 0 N–H and O–H groups in total. The molecule has 0 unspecified atom stereocenters. The molecule has 0 fully saturated rings. The fourth-order valence-electron chi connectivity index (χ4n) is 2.01. The van der Waals surface area contributed by atoms with Crippen LogP contribution in [0.25, 0.3) is 0 Å². The number of carbonyl (C=O) groups is 1. The molecule has 0 aliphatic heterocycles. The molecule has 2 rings (SSSR count). The zero-order valence-electron chi connectivity index (χ0n) is 16.4. The minimum atomic E-state index is -5.88. The smallest absolute Gasteiger partial charge is 0.497 e. The molecule has 1 aromatic heterocycles. The number of amides is 1. The average Bonchev–Trinajstić information content (AvgIpc) is 3.05. The molecule has 0 saturated heterocycles. The highest BCUT2D eigenvalue weighted by Crippen LogP contribution is 2.32. The monoisotopic (exact) mass is 468 g/mol. The van der Waals surface area contributed by atoms with Gasteiger partial charge in [-0.15, -0.1) is 11.3 Å². The standard InChI is InChI=1S/C17H19F3N2O6S2/c1-16(2,3)27-15(23)22(9-11-5-7-12(26-4)8-6-11)14-21-13(10-29-14)28-30(24,25)17(18,19)20/h5-8,10H,9H2,1-4H3. The maximum absolute atomic E-state index is 12.6. The molecular weight excluding hydrogens is 449 g/mol. The molecule has 0 saturated carbocycles. The van der Waals surface area contributed by atoms with Gasteiger partial charge in [-0.25, -0.2) is 9.69 Å². The summed E-state index contributed by atoms with van der Waals surface area (Å²) in [6.45, 7) is 4.88. The Morgan fingerprint density at radius 2 is 1.77 bits per heavy atom. The van der Waals surface area contributed by atoms with Gasteiger partial charge in [0, 0.05) is 0 Å². The molecule has 2 aromatic rings. The molecule has 1 heterocycles. The average molecular weight is 468 g/mol. The van der Waals surface area contributed by atoms with Gasteiger partial charge in [0.15, 0.2) is 5.13 Å². The van der Waals surface area contributed by atoms with Gasteiger partial charge < -0.3 is 13.7 Å². The lowest BCUT2D eigenvalue weighted by Gasteiger charge is -2.25. The highest BCUT2D eigenvalue weighted by molar-refractivity contribution is 7.88. The third kappa shape index (κ3) is 6.23. The molecule has 166 valence electrons. The maximum Gasteiger partial charge on any atom is 0.534 e. The van der Waals surface area contributed by atoms with Crippen LogP contribution in [0.3, 0.4) is 0 Å². The molecule has 0 spiro atoms. The summed E-state index contributed by atoms with van der Waals surface area (Å²) in [6.07, 6.45) is -0.821. The Morgan fingerprint density at radius 1 is 1.17 bits per heavy atom. The van der Waals surface area contributed by atoms with Crippen molar-refractivity contribution in [2.45, 2.75) is 38.4 Å². The van der Waals surface area contributed by atoms with E-state index in [0.717, 1.165) is 21.6 Å². The van der Waals surface area contributed by atoms with Crippen LogP contribution in [0, 0.1) is 0 Å². The second-order valence-corrected chi connectivity index (χ2v) is 9.24. The van der Waals surface area contributed by atoms with Crippen molar-refractivity contribution in [1.29, 1.82) is 0 Å². The lowest BCUT2D eigenvalue weighted by atomic mass is 10.2. The SMILES string of the molecule is COc1ccc(CN(C(=O)OC(C)(C)C)c2nc(OS(=O)(=O)C(F)(F)F)cs2)cc1. The second-order valence-electron chi connectivity index (χ2n) is 6.87. The van der Waals surface area contributed by atoms with Crippen molar-refractivity contribution in [2.75, 3.05) is 12.0 Å². The van der Waals surface area contributed by atoms with Crippen LogP contribution in [0.15, 0.2) is 29.6 Å². The van der Waals surface area contributed by atoms with Crippen molar-refractivity contribution in [3.05, 3.63) is 35.2 Å². The zero-order valence-corrected chi connectivity index (χ0v) is 18.0. The van der Waals surface area contributed by atoms with Gasteiger partial charge in [-0.2, -0.15) is 26.6 Å². The molecule has 0 bridgehead atoms. The van der Waals surface area contributed by atoms with E-state index >= 15 is 0 Å². The molecule has 0 atom stereocenters. The van der Waals surface area contributed by atoms with Crippen LogP contribution >= 0.6 is 11.3 Å². The van der Waals surface area contributed by atoms with Crippen LogP contribution in [-0.4, -0.2) is 37.7 Å². The molecule has 0 aliphatic rings. The van der Waals surface area contributed by atoms with Crippen molar-refractivity contribution in [3.8, 4) is 11.6 Å². The number of ether oxygens (including phenoxy) is 2. The topological polar surface area (TPSA) is 95.0 Å². The number of nitrogens with zero attached hydrogens (tertiary/aromatic N) is 2. The number of benzene rings is 1. The number of thiazole rings is 1. The summed E-state index contributed by atoms with van der Waals surface area (Å²) < 4.78 is 74.3. The number of halogens is 3. The van der Waals surface area contributed by atoms with Gasteiger partial charge in [0.05, 0.1) is 19.0 Å². The van der Waals surface area contributed by atoms with E-state index in [2.05, 4.69) is 9.17 Å². The minimum absolute atomic E-state index is 0.0438. The third-order valence-electron chi connectivity index (χ3n) is 3.29. The van der Waals surface area contributed by atoms with E-state index in [-0.39, 0.29) is 11.7 Å². The Labute approximate surface area is 175 Å². The number of carbonyl (C=O) groups excluding carboxylic acids is 1. The maximum atomic E-state index is 12.6. The van der Waals surface area contributed by atoms with Crippen LogP contribution in [0.2, 0.25) is 0 Å². The van der Waals surface area contributed by atoms with Crippen molar-refractivity contribution in [2.24, 2.45) is 0 Å². The Kier molecular flexibility index (Phi) is 6.87. The molecule has 13 heteroatoms. The third-order valence-corrected chi connectivity index (χ3v) is 5.09. The van der Waals surface area contributed by atoms with Crippen molar-refractivity contribution in [3.63, 3.8) is 0 Å². The quantitative estimate of drug-likeness (QED) is 0.460. The molecular formula is C17H19F3N2O6S2. The second kappa shape index (κ2) is 8.68. The van der Waals surface area contributed by atoms with E-state index in [9.17, 15) is 26.4 Å². The summed E-state index contributed by atoms with van der Waals surface area (Å²) in [4.78, 5) is 17.4. The predicted octanol–water partition coefficient (Wildman–Crippen LogP) is 4.32. The van der Waals surface area contributed by atoms with Gasteiger partial charge in [0.25, 0.3) is 0 Å². The van der Waals surface area contributed by atoms with Crippen molar-refractivity contribution < 1.29 is 40.0 Å². The summed E-state index contributed by atoms with van der Waals surface area (Å²) >= 11 is 0.723. The molecule has 8 nitrogen and oxygen atoms in total. The van der Waals surface area contributed by atoms with E-state index in [1.54, 1.807) is 45.0 Å². The summed E-state index contributed by atoms with van der Waals surface area (Å²) in [6, 6.07) is 6.68. The number of anilines is 1. The van der Waals surface area contributed by atoms with E-state index in [1.165, 1.54) is 7.11 Å². The van der Waals surface area contributed by atoms with Crippen molar-refractivity contribution >= 4 is 32.7 Å². The number of methoxy groups -OCH3 is 1. The highest BCUT2D eigenvalue weighted by atomic mass is 32.2. The molecule has 0 radical (unpaired) electrons. The fourth-order valence-corrected chi connectivity index (χ4v) is 3.19. The van der Waals surface area contributed by atoms with Gasteiger partial charge in [0.1, 0.15) is 11.4 Å². The number of hydrogen-bond donors (Lipinski definition) is 0. The Balaban J connectivity index is 2.32. The Morgan fingerprint density at radius 3 is 2.27 bits per heavy atom. The summed E-state index contributed by atoms with van der Waals surface area (Å²) in [7, 11) is -4.39. The lowest BCUT2D eigenvalue weighted by molar-refractivity contribution is -0.0501. The van der Waals surface area contributed by atoms with E-state index < -0.39 is 33.2 Å². The lowest BCUT2D eigenvalue weighted by Crippen LogP contribution is -2.36. The first-order chi connectivity index (χ1) is 13.7. The van der Waals surface area contributed by atoms with E-state index in [0.29, 0.717) is 11.3 Å². The molecule has 30 heavy (non-hydrogen) atoms. The first kappa shape index (κ1) is 23.7. The van der Waals surface area contributed by atoms with Crippen LogP contribution in [0.5, 0.6) is 11.6 Å². The summed E-state index contributed by atoms with van der Waals surface area (Å²) in [5.74, 6) is -0.222. The summed E-state index contributed by atoms with van der Waals surface area (Å²) in [5.41, 5.74) is -5.82. The van der Waals surface area contributed by atoms with Gasteiger partial charge in [-0.05, 0) is 38.5 Å². The molecule has 0 aliphatic carbocycles. The van der Waals surface area contributed by atoms with E-state index in [1.807, 2.05) is 0 Å². The van der Waals surface area contributed by atoms with Gasteiger partial charge in [-0.1, -0.05) is 12.1 Å². The normalized spacial score (nSPS) is 12.4. The minimum Gasteiger partial charge on any atom is -0.497 e. The van der Waals surface area contributed by atoms with Crippen LogP contribution in [0.4, 0.5) is 23.1 Å². The Hall–Kier alpha value is -2.54. The largest absolute Gasteiger partial charge is 0.534 e. The van der Waals surface area contributed by atoms with Crippen LogP contribution in [-0.2, 0) is 21.4 Å². The molecule has 1 aromatic carbocycles. The highest BCUT2D eigenvalue weighted by Gasteiger charge is 2.49. The number of alkyl halides is 3. The van der Waals surface area contributed by atoms with E-state index in [4.69, 9.17) is 9.47 Å². The van der Waals surface area contributed by atoms with Gasteiger partial charge >= 0.3 is 21.7 Å². The van der Waals surface area contributed by atoms with Crippen LogP contribution < -0.4 is 13.8 Å². The Bertz CT molecular complexity index is 982.